The second-order valence-corrected chi connectivity index (χ2v) is 2.67. The number of alkyl halides is 6. The summed E-state index contributed by atoms with van der Waals surface area (Å²) in [5.74, 6) is 0. The van der Waals surface area contributed by atoms with Gasteiger partial charge in [0.15, 0.2) is 0 Å². The number of halogens is 6. The van der Waals surface area contributed by atoms with E-state index in [4.69, 9.17) is 0 Å². The molecule has 0 aliphatic heterocycles. The zero-order chi connectivity index (χ0) is 12.3. The summed E-state index contributed by atoms with van der Waals surface area (Å²) in [6.45, 7) is 2.41. The number of hydrogen-bond acceptors (Lipinski definition) is 2. The minimum absolute atomic E-state index is 0.144. The minimum atomic E-state index is -5.57. The standard InChI is InChI=1S/C7H11F6NO/c1-3-14(4-2)5(8)6(9,10)15-7(11,12)13/h5H,3-4H2,1-2H3. The summed E-state index contributed by atoms with van der Waals surface area (Å²) in [4.78, 5) is 0.520. The van der Waals surface area contributed by atoms with E-state index >= 15 is 0 Å². The first-order valence-electron chi connectivity index (χ1n) is 4.16. The molecule has 1 atom stereocenters. The first-order chi connectivity index (χ1) is 6.64. The van der Waals surface area contributed by atoms with Crippen LogP contribution < -0.4 is 0 Å². The Morgan fingerprint density at radius 2 is 1.47 bits per heavy atom. The number of nitrogens with zero attached hydrogens (tertiary/aromatic N) is 1. The molecule has 0 aliphatic carbocycles. The fourth-order valence-corrected chi connectivity index (χ4v) is 0.960. The van der Waals surface area contributed by atoms with Gasteiger partial charge < -0.3 is 0 Å². The average Bonchev–Trinajstić information content (AvgIpc) is 2.01. The molecule has 0 rings (SSSR count). The fourth-order valence-electron chi connectivity index (χ4n) is 0.960. The highest BCUT2D eigenvalue weighted by Crippen LogP contribution is 2.33. The molecular weight excluding hydrogens is 228 g/mol. The van der Waals surface area contributed by atoms with E-state index in [-0.39, 0.29) is 13.1 Å². The summed E-state index contributed by atoms with van der Waals surface area (Å²) in [6.07, 6.45) is -13.6. The second kappa shape index (κ2) is 5.02. The Morgan fingerprint density at radius 1 is 1.07 bits per heavy atom. The minimum Gasteiger partial charge on any atom is -0.267 e. The van der Waals surface area contributed by atoms with Crippen LogP contribution in [-0.4, -0.2) is 36.8 Å². The van der Waals surface area contributed by atoms with Crippen LogP contribution in [0.25, 0.3) is 0 Å². The van der Waals surface area contributed by atoms with Gasteiger partial charge in [0.1, 0.15) is 0 Å². The van der Waals surface area contributed by atoms with Crippen molar-refractivity contribution in [3.8, 4) is 0 Å². The van der Waals surface area contributed by atoms with Gasteiger partial charge in [0.25, 0.3) is 0 Å². The molecule has 0 radical (unpaired) electrons. The largest absolute Gasteiger partial charge is 0.527 e. The molecule has 0 spiro atoms. The van der Waals surface area contributed by atoms with Crippen molar-refractivity contribution in [1.82, 2.24) is 4.90 Å². The fraction of sp³-hybridized carbons (Fsp3) is 1.00. The van der Waals surface area contributed by atoms with E-state index in [0.29, 0.717) is 4.90 Å². The lowest BCUT2D eigenvalue weighted by atomic mass is 10.4. The second-order valence-electron chi connectivity index (χ2n) is 2.67. The smallest absolute Gasteiger partial charge is 0.267 e. The van der Waals surface area contributed by atoms with Crippen LogP contribution in [0.1, 0.15) is 13.8 Å². The molecule has 8 heteroatoms. The van der Waals surface area contributed by atoms with Gasteiger partial charge in [0.2, 0.25) is 6.30 Å². The molecule has 0 bridgehead atoms. The molecule has 0 aromatic rings. The van der Waals surface area contributed by atoms with E-state index in [2.05, 4.69) is 4.74 Å². The van der Waals surface area contributed by atoms with Crippen molar-refractivity contribution in [3.05, 3.63) is 0 Å². The van der Waals surface area contributed by atoms with Gasteiger partial charge in [-0.25, -0.2) is 9.13 Å². The molecule has 0 N–H and O–H groups in total. The SMILES string of the molecule is CCN(CC)C(F)C(F)(F)OC(F)(F)F. The highest BCUT2D eigenvalue weighted by molar-refractivity contribution is 4.68. The summed E-state index contributed by atoms with van der Waals surface area (Å²) in [6, 6.07) is 0. The lowest BCUT2D eigenvalue weighted by Gasteiger charge is -2.29. The average molecular weight is 239 g/mol. The van der Waals surface area contributed by atoms with Crippen LogP contribution in [-0.2, 0) is 4.74 Å². The third-order valence-electron chi connectivity index (χ3n) is 1.66. The Hall–Kier alpha value is -0.500. The van der Waals surface area contributed by atoms with Gasteiger partial charge >= 0.3 is 12.5 Å². The van der Waals surface area contributed by atoms with Crippen LogP contribution in [0.5, 0.6) is 0 Å². The van der Waals surface area contributed by atoms with Crippen LogP contribution in [0.3, 0.4) is 0 Å². The van der Waals surface area contributed by atoms with Crippen molar-refractivity contribution in [2.75, 3.05) is 13.1 Å². The first-order valence-corrected chi connectivity index (χ1v) is 4.16. The third kappa shape index (κ3) is 4.70. The molecule has 0 amide bonds. The Labute approximate surface area is 82.8 Å². The Bertz CT molecular complexity index is 190. The maximum Gasteiger partial charge on any atom is 0.527 e. The zero-order valence-electron chi connectivity index (χ0n) is 8.11. The summed E-state index contributed by atoms with van der Waals surface area (Å²) in [7, 11) is 0. The molecular formula is C7H11F6NO. The topological polar surface area (TPSA) is 12.5 Å². The molecule has 0 saturated heterocycles. The third-order valence-corrected chi connectivity index (χ3v) is 1.66. The van der Waals surface area contributed by atoms with E-state index in [1.807, 2.05) is 0 Å². The molecule has 15 heavy (non-hydrogen) atoms. The van der Waals surface area contributed by atoms with Gasteiger partial charge in [-0.2, -0.15) is 8.78 Å². The molecule has 0 aliphatic rings. The van der Waals surface area contributed by atoms with Crippen LogP contribution in [0, 0.1) is 0 Å². The first kappa shape index (κ1) is 14.5. The number of ether oxygens (including phenoxy) is 1. The highest BCUT2D eigenvalue weighted by atomic mass is 19.4. The zero-order valence-corrected chi connectivity index (χ0v) is 8.11. The number of hydrogen-bond donors (Lipinski definition) is 0. The van der Waals surface area contributed by atoms with E-state index in [1.165, 1.54) is 13.8 Å². The summed E-state index contributed by atoms with van der Waals surface area (Å²) in [5, 5.41) is 0. The Kier molecular flexibility index (Phi) is 4.85. The Morgan fingerprint density at radius 3 is 1.73 bits per heavy atom. The summed E-state index contributed by atoms with van der Waals surface area (Å²) in [5.41, 5.74) is 0. The van der Waals surface area contributed by atoms with Crippen molar-refractivity contribution >= 4 is 0 Å². The van der Waals surface area contributed by atoms with E-state index in [9.17, 15) is 26.3 Å². The van der Waals surface area contributed by atoms with E-state index in [1.54, 1.807) is 0 Å². The predicted molar refractivity (Wildman–Crippen MR) is 39.9 cm³/mol. The van der Waals surface area contributed by atoms with Gasteiger partial charge in [-0.1, -0.05) is 13.8 Å². The van der Waals surface area contributed by atoms with Crippen LogP contribution >= 0.6 is 0 Å². The van der Waals surface area contributed by atoms with Crippen molar-refractivity contribution in [2.24, 2.45) is 0 Å². The maximum absolute atomic E-state index is 12.9. The lowest BCUT2D eigenvalue weighted by molar-refractivity contribution is -0.445. The summed E-state index contributed by atoms with van der Waals surface area (Å²) < 4.78 is 75.0. The van der Waals surface area contributed by atoms with Gasteiger partial charge in [0, 0.05) is 0 Å². The quantitative estimate of drug-likeness (QED) is 0.540. The molecule has 1 unspecified atom stereocenters. The molecule has 0 saturated carbocycles. The molecule has 0 aromatic heterocycles. The van der Waals surface area contributed by atoms with Crippen LogP contribution in [0.4, 0.5) is 26.3 Å². The normalized spacial score (nSPS) is 15.8. The van der Waals surface area contributed by atoms with Crippen molar-refractivity contribution < 1.29 is 31.1 Å². The molecule has 0 heterocycles. The number of likely N-dealkylation sites (N-methyl/N-ethyl adjacent to an activating group) is 1. The highest BCUT2D eigenvalue weighted by Gasteiger charge is 2.52. The van der Waals surface area contributed by atoms with Crippen LogP contribution in [0.2, 0.25) is 0 Å². The van der Waals surface area contributed by atoms with Crippen molar-refractivity contribution in [1.29, 1.82) is 0 Å². The predicted octanol–water partition coefficient (Wildman–Crippen LogP) is 2.75. The van der Waals surface area contributed by atoms with Crippen molar-refractivity contribution in [3.63, 3.8) is 0 Å². The Balaban J connectivity index is 4.56. The van der Waals surface area contributed by atoms with Gasteiger partial charge in [-0.3, -0.25) is 4.90 Å². The van der Waals surface area contributed by atoms with Crippen molar-refractivity contribution in [2.45, 2.75) is 32.6 Å². The molecule has 0 aromatic carbocycles. The van der Waals surface area contributed by atoms with Gasteiger partial charge in [-0.05, 0) is 13.1 Å². The lowest BCUT2D eigenvalue weighted by Crippen LogP contribution is -2.48. The molecule has 2 nitrogen and oxygen atoms in total. The summed E-state index contributed by atoms with van der Waals surface area (Å²) >= 11 is 0. The number of rotatable bonds is 5. The van der Waals surface area contributed by atoms with E-state index < -0.39 is 18.8 Å². The van der Waals surface area contributed by atoms with E-state index in [0.717, 1.165) is 0 Å². The molecule has 0 fully saturated rings. The van der Waals surface area contributed by atoms with Gasteiger partial charge in [-0.15, -0.1) is 13.2 Å². The van der Waals surface area contributed by atoms with Crippen LogP contribution in [0.15, 0.2) is 0 Å². The molecule has 92 valence electrons. The van der Waals surface area contributed by atoms with Gasteiger partial charge in [0.05, 0.1) is 0 Å². The maximum atomic E-state index is 12.9. The monoisotopic (exact) mass is 239 g/mol.